The molecule has 0 atom stereocenters. The Morgan fingerprint density at radius 3 is 1.67 bits per heavy atom. The standard InChI is InChI=1S/C32H37O4PSi.BrH/c1-3-34-32(35-4-2)38-24-14-23-36-30-22-21-26(33)25-31(30)37(27-15-8-5-9-16-27,28-17-10-6-11-18-28)29-19-12-7-13-20-29;/h5-13,15-22,25,32H,3-4,14,23-24,38H2,1-2H3;1H. The van der Waals surface area contributed by atoms with Gasteiger partial charge in [0.1, 0.15) is 34.8 Å². The zero-order chi connectivity index (χ0) is 26.6. The van der Waals surface area contributed by atoms with Gasteiger partial charge in [0.15, 0.2) is 11.1 Å². The molecule has 0 aliphatic heterocycles. The topological polar surface area (TPSA) is 47.9 Å². The van der Waals surface area contributed by atoms with Crippen LogP contribution >= 0.6 is 7.26 Å². The van der Waals surface area contributed by atoms with Crippen molar-refractivity contribution in [3.05, 3.63) is 109 Å². The lowest BCUT2D eigenvalue weighted by Crippen LogP contribution is -3.00. The lowest BCUT2D eigenvalue weighted by Gasteiger charge is -2.29. The minimum atomic E-state index is -2.38. The van der Waals surface area contributed by atoms with Gasteiger partial charge in [0.2, 0.25) is 0 Å². The average molecular weight is 626 g/mol. The molecule has 0 aliphatic carbocycles. The molecule has 7 heteroatoms. The average Bonchev–Trinajstić information content (AvgIpc) is 2.96. The van der Waals surface area contributed by atoms with Crippen molar-refractivity contribution in [1.82, 2.24) is 0 Å². The SMILES string of the molecule is CCOC(OCC)[SiH2]CCCOc1ccc(O)cc1[P+](c1ccccc1)(c1ccccc1)c1ccccc1.[Br-]. The van der Waals surface area contributed by atoms with Crippen LogP contribution in [0.5, 0.6) is 11.5 Å². The molecule has 0 radical (unpaired) electrons. The molecule has 0 aliphatic rings. The Morgan fingerprint density at radius 1 is 0.718 bits per heavy atom. The Balaban J connectivity index is 0.00000420. The van der Waals surface area contributed by atoms with Gasteiger partial charge in [-0.1, -0.05) is 60.6 Å². The molecule has 0 unspecified atom stereocenters. The van der Waals surface area contributed by atoms with Gasteiger partial charge in [0, 0.05) is 19.3 Å². The van der Waals surface area contributed by atoms with E-state index in [0.29, 0.717) is 19.8 Å². The maximum atomic E-state index is 10.8. The Morgan fingerprint density at radius 2 is 1.21 bits per heavy atom. The fraction of sp³-hybridized carbons (Fsp3) is 0.250. The summed E-state index contributed by atoms with van der Waals surface area (Å²) in [6, 6.07) is 38.6. The van der Waals surface area contributed by atoms with E-state index in [2.05, 4.69) is 91.0 Å². The molecule has 0 aromatic heterocycles. The summed E-state index contributed by atoms with van der Waals surface area (Å²) in [6.07, 6.45) is 0.941. The van der Waals surface area contributed by atoms with Gasteiger partial charge >= 0.3 is 0 Å². The Kier molecular flexibility index (Phi) is 12.7. The van der Waals surface area contributed by atoms with E-state index < -0.39 is 16.8 Å². The van der Waals surface area contributed by atoms with Crippen molar-refractivity contribution < 1.29 is 36.3 Å². The summed E-state index contributed by atoms with van der Waals surface area (Å²) in [5.74, 6) is 1.03. The molecule has 0 fully saturated rings. The van der Waals surface area contributed by atoms with Crippen molar-refractivity contribution in [2.24, 2.45) is 0 Å². The zero-order valence-corrected chi connectivity index (χ0v) is 26.6. The number of hydrogen-bond acceptors (Lipinski definition) is 4. The minimum absolute atomic E-state index is 0. The molecule has 4 nitrogen and oxygen atoms in total. The number of benzene rings is 4. The quantitative estimate of drug-likeness (QED) is 0.100. The maximum Gasteiger partial charge on any atom is 0.162 e. The summed E-state index contributed by atoms with van der Waals surface area (Å²) >= 11 is 0. The highest BCUT2D eigenvalue weighted by Crippen LogP contribution is 2.56. The summed E-state index contributed by atoms with van der Waals surface area (Å²) in [5.41, 5.74) is 0. The molecule has 0 spiro atoms. The first kappa shape index (κ1) is 31.1. The van der Waals surface area contributed by atoms with Gasteiger partial charge in [-0.05, 0) is 68.8 Å². The molecule has 0 saturated carbocycles. The lowest BCUT2D eigenvalue weighted by molar-refractivity contribution is -0.0828. The number of hydrogen-bond donors (Lipinski definition) is 1. The number of ether oxygens (including phenoxy) is 3. The van der Waals surface area contributed by atoms with Gasteiger partial charge in [-0.15, -0.1) is 0 Å². The van der Waals surface area contributed by atoms with Gasteiger partial charge in [-0.2, -0.15) is 0 Å². The monoisotopic (exact) mass is 624 g/mol. The number of rotatable bonds is 14. The van der Waals surface area contributed by atoms with Crippen molar-refractivity contribution in [3.63, 3.8) is 0 Å². The third-order valence-corrected chi connectivity index (χ3v) is 12.7. The molecule has 0 heterocycles. The second kappa shape index (κ2) is 16.0. The Labute approximate surface area is 246 Å². The molecule has 206 valence electrons. The van der Waals surface area contributed by atoms with E-state index in [0.717, 1.165) is 23.5 Å². The maximum absolute atomic E-state index is 10.8. The third-order valence-electron chi connectivity index (χ3n) is 6.53. The van der Waals surface area contributed by atoms with Gasteiger partial charge in [-0.25, -0.2) is 0 Å². The third kappa shape index (κ3) is 7.59. The van der Waals surface area contributed by atoms with Crippen LogP contribution in [0, 0.1) is 0 Å². The van der Waals surface area contributed by atoms with Crippen molar-refractivity contribution in [3.8, 4) is 11.5 Å². The predicted octanol–water partition coefficient (Wildman–Crippen LogP) is 1.73. The van der Waals surface area contributed by atoms with Gasteiger partial charge < -0.3 is 36.3 Å². The molecular weight excluding hydrogens is 587 g/mol. The lowest BCUT2D eigenvalue weighted by atomic mass is 10.3. The summed E-state index contributed by atoms with van der Waals surface area (Å²) in [7, 11) is -2.90. The van der Waals surface area contributed by atoms with E-state index in [1.54, 1.807) is 6.07 Å². The molecule has 4 aromatic rings. The molecule has 0 amide bonds. The van der Waals surface area contributed by atoms with E-state index in [-0.39, 0.29) is 28.6 Å². The Bertz CT molecular complexity index is 1140. The van der Waals surface area contributed by atoms with E-state index in [1.165, 1.54) is 15.9 Å². The molecule has 0 saturated heterocycles. The molecule has 0 bridgehead atoms. The number of halogens is 1. The Hall–Kier alpha value is -2.47. The first-order valence-electron chi connectivity index (χ1n) is 13.5. The summed E-state index contributed by atoms with van der Waals surface area (Å²) in [5, 5.41) is 15.4. The van der Waals surface area contributed by atoms with E-state index >= 15 is 0 Å². The van der Waals surface area contributed by atoms with Gasteiger partial charge in [0.05, 0.1) is 16.1 Å². The molecule has 4 rings (SSSR count). The van der Waals surface area contributed by atoms with Crippen LogP contribution in [0.4, 0.5) is 0 Å². The molecule has 4 aromatic carbocycles. The largest absolute Gasteiger partial charge is 1.00 e. The van der Waals surface area contributed by atoms with Gasteiger partial charge in [-0.3, -0.25) is 0 Å². The van der Waals surface area contributed by atoms with Crippen molar-refractivity contribution in [1.29, 1.82) is 0 Å². The normalized spacial score (nSPS) is 11.6. The van der Waals surface area contributed by atoms with Crippen LogP contribution in [0.3, 0.4) is 0 Å². The number of aromatic hydroxyl groups is 1. The van der Waals surface area contributed by atoms with Crippen LogP contribution < -0.4 is 42.9 Å². The zero-order valence-electron chi connectivity index (χ0n) is 22.7. The van der Waals surface area contributed by atoms with Crippen LogP contribution in [0.15, 0.2) is 109 Å². The van der Waals surface area contributed by atoms with Crippen molar-refractivity contribution in [2.75, 3.05) is 19.8 Å². The van der Waals surface area contributed by atoms with Crippen molar-refractivity contribution in [2.45, 2.75) is 32.2 Å². The smallest absolute Gasteiger partial charge is 0.162 e. The fourth-order valence-corrected chi connectivity index (χ4v) is 10.9. The fourth-order valence-electron chi connectivity index (χ4n) is 4.89. The van der Waals surface area contributed by atoms with Crippen LogP contribution in [0.25, 0.3) is 0 Å². The van der Waals surface area contributed by atoms with Crippen LogP contribution in [0.2, 0.25) is 6.04 Å². The summed E-state index contributed by atoms with van der Waals surface area (Å²) < 4.78 is 18.0. The summed E-state index contributed by atoms with van der Waals surface area (Å²) in [4.78, 5) is 0. The molecular formula is C32H38BrO4PSi. The number of phenols is 1. The predicted molar refractivity (Wildman–Crippen MR) is 163 cm³/mol. The highest BCUT2D eigenvalue weighted by Gasteiger charge is 2.50. The van der Waals surface area contributed by atoms with Crippen molar-refractivity contribution >= 4 is 38.0 Å². The first-order valence-corrected chi connectivity index (χ1v) is 17.1. The minimum Gasteiger partial charge on any atom is -1.00 e. The second-order valence-corrected chi connectivity index (χ2v) is 14.3. The molecule has 1 N–H and O–H groups in total. The summed E-state index contributed by atoms with van der Waals surface area (Å²) in [6.45, 7) is 5.98. The van der Waals surface area contributed by atoms with E-state index in [1.807, 2.05) is 26.0 Å². The molecule has 39 heavy (non-hydrogen) atoms. The first-order chi connectivity index (χ1) is 18.7. The van der Waals surface area contributed by atoms with E-state index in [9.17, 15) is 5.11 Å². The van der Waals surface area contributed by atoms with Crippen LogP contribution in [-0.2, 0) is 9.47 Å². The number of phenolic OH excluding ortho intramolecular Hbond substituents is 1. The highest BCUT2D eigenvalue weighted by atomic mass is 79.9. The van der Waals surface area contributed by atoms with E-state index in [4.69, 9.17) is 14.2 Å². The second-order valence-electron chi connectivity index (χ2n) is 9.01. The van der Waals surface area contributed by atoms with Crippen LogP contribution in [-0.4, -0.2) is 40.4 Å². The van der Waals surface area contributed by atoms with Gasteiger partial charge in [0.25, 0.3) is 0 Å². The van der Waals surface area contributed by atoms with Crippen LogP contribution in [0.1, 0.15) is 20.3 Å². The highest BCUT2D eigenvalue weighted by molar-refractivity contribution is 8.01.